The number of carbonyl (C=O) groups excluding carboxylic acids is 1. The predicted molar refractivity (Wildman–Crippen MR) is 93.4 cm³/mol. The van der Waals surface area contributed by atoms with Crippen molar-refractivity contribution in [2.45, 2.75) is 13.8 Å². The van der Waals surface area contributed by atoms with Crippen LogP contribution < -0.4 is 10.2 Å². The van der Waals surface area contributed by atoms with Gasteiger partial charge in [0.1, 0.15) is 5.82 Å². The minimum Gasteiger partial charge on any atom is -0.370 e. The topological polar surface area (TPSA) is 61.4 Å². The molecule has 1 aliphatic heterocycles. The smallest absolute Gasteiger partial charge is 0.254 e. The van der Waals surface area contributed by atoms with Gasteiger partial charge in [-0.2, -0.15) is 16.3 Å². The molecular formula is C16H21N5OS. The van der Waals surface area contributed by atoms with Crippen LogP contribution in [0.4, 0.5) is 11.8 Å². The van der Waals surface area contributed by atoms with Crippen molar-refractivity contribution in [3.05, 3.63) is 34.2 Å². The number of rotatable bonds is 4. The van der Waals surface area contributed by atoms with E-state index < -0.39 is 0 Å². The van der Waals surface area contributed by atoms with Gasteiger partial charge in [-0.3, -0.25) is 4.79 Å². The van der Waals surface area contributed by atoms with Gasteiger partial charge in [0.05, 0.1) is 5.56 Å². The molecule has 0 aromatic carbocycles. The Morgan fingerprint density at radius 1 is 1.30 bits per heavy atom. The molecule has 0 spiro atoms. The standard InChI is InChI=1S/C16H21N5OS/c1-3-17-14-10-12(2)18-16(19-14)21-7-5-20(6-8-21)15(22)13-4-9-23-11-13/h4,9-11H,3,5-8H2,1-2H3,(H,17,18,19). The molecule has 0 atom stereocenters. The SMILES string of the molecule is CCNc1cc(C)nc(N2CCN(C(=O)c3ccsc3)CC2)n1. The fourth-order valence-corrected chi connectivity index (χ4v) is 3.27. The van der Waals surface area contributed by atoms with Gasteiger partial charge in [-0.25, -0.2) is 4.98 Å². The number of anilines is 2. The molecule has 122 valence electrons. The number of thiophene rings is 1. The molecule has 1 fully saturated rings. The first kappa shape index (κ1) is 15.7. The van der Waals surface area contributed by atoms with Crippen molar-refractivity contribution in [3.8, 4) is 0 Å². The maximum absolute atomic E-state index is 12.4. The number of hydrogen-bond acceptors (Lipinski definition) is 6. The van der Waals surface area contributed by atoms with Gasteiger partial charge < -0.3 is 15.1 Å². The van der Waals surface area contributed by atoms with Crippen molar-refractivity contribution in [3.63, 3.8) is 0 Å². The van der Waals surface area contributed by atoms with E-state index in [1.165, 1.54) is 0 Å². The molecule has 23 heavy (non-hydrogen) atoms. The van der Waals surface area contributed by atoms with E-state index in [-0.39, 0.29) is 5.91 Å². The lowest BCUT2D eigenvalue weighted by atomic mass is 10.2. The highest BCUT2D eigenvalue weighted by atomic mass is 32.1. The lowest BCUT2D eigenvalue weighted by Crippen LogP contribution is -2.49. The van der Waals surface area contributed by atoms with Crippen LogP contribution in [0.15, 0.2) is 22.9 Å². The van der Waals surface area contributed by atoms with E-state index in [0.29, 0.717) is 13.1 Å². The maximum atomic E-state index is 12.4. The quantitative estimate of drug-likeness (QED) is 0.931. The van der Waals surface area contributed by atoms with Crippen molar-refractivity contribution in [2.24, 2.45) is 0 Å². The maximum Gasteiger partial charge on any atom is 0.254 e. The Balaban J connectivity index is 1.66. The second-order valence-electron chi connectivity index (χ2n) is 5.52. The normalized spacial score (nSPS) is 14.9. The summed E-state index contributed by atoms with van der Waals surface area (Å²) in [4.78, 5) is 25.5. The van der Waals surface area contributed by atoms with Gasteiger partial charge >= 0.3 is 0 Å². The highest BCUT2D eigenvalue weighted by Gasteiger charge is 2.24. The Morgan fingerprint density at radius 3 is 2.74 bits per heavy atom. The minimum absolute atomic E-state index is 0.115. The Kier molecular flexibility index (Phi) is 4.76. The second-order valence-corrected chi connectivity index (χ2v) is 6.30. The van der Waals surface area contributed by atoms with E-state index in [0.717, 1.165) is 42.7 Å². The third kappa shape index (κ3) is 3.61. The van der Waals surface area contributed by atoms with Crippen LogP contribution in [0.25, 0.3) is 0 Å². The van der Waals surface area contributed by atoms with Gasteiger partial charge in [-0.1, -0.05) is 0 Å². The van der Waals surface area contributed by atoms with Gasteiger partial charge in [0.2, 0.25) is 5.95 Å². The molecule has 1 saturated heterocycles. The van der Waals surface area contributed by atoms with E-state index in [9.17, 15) is 4.79 Å². The number of hydrogen-bond donors (Lipinski definition) is 1. The molecule has 2 aromatic heterocycles. The minimum atomic E-state index is 0.115. The zero-order chi connectivity index (χ0) is 16.2. The van der Waals surface area contributed by atoms with Crippen LogP contribution in [0, 0.1) is 6.92 Å². The van der Waals surface area contributed by atoms with Gasteiger partial charge in [-0.05, 0) is 25.3 Å². The van der Waals surface area contributed by atoms with Crippen molar-refractivity contribution >= 4 is 29.0 Å². The predicted octanol–water partition coefficient (Wildman–Crippen LogP) is 2.24. The summed E-state index contributed by atoms with van der Waals surface area (Å²) in [5, 5.41) is 7.07. The zero-order valence-electron chi connectivity index (χ0n) is 13.5. The summed E-state index contributed by atoms with van der Waals surface area (Å²) in [6.07, 6.45) is 0. The van der Waals surface area contributed by atoms with Crippen molar-refractivity contribution in [2.75, 3.05) is 42.9 Å². The average molecular weight is 331 g/mol. The fraction of sp³-hybridized carbons (Fsp3) is 0.438. The largest absolute Gasteiger partial charge is 0.370 e. The molecule has 3 rings (SSSR count). The zero-order valence-corrected chi connectivity index (χ0v) is 14.3. The number of aromatic nitrogens is 2. The van der Waals surface area contributed by atoms with E-state index in [1.807, 2.05) is 41.6 Å². The van der Waals surface area contributed by atoms with E-state index in [2.05, 4.69) is 20.2 Å². The van der Waals surface area contributed by atoms with Crippen molar-refractivity contribution in [1.82, 2.24) is 14.9 Å². The van der Waals surface area contributed by atoms with Gasteiger partial charge in [0, 0.05) is 49.9 Å². The summed E-state index contributed by atoms with van der Waals surface area (Å²) in [5.74, 6) is 1.71. The van der Waals surface area contributed by atoms with Crippen LogP contribution in [0.3, 0.4) is 0 Å². The summed E-state index contributed by atoms with van der Waals surface area (Å²) in [7, 11) is 0. The molecule has 6 nitrogen and oxygen atoms in total. The molecule has 3 heterocycles. The second kappa shape index (κ2) is 6.95. The first-order chi connectivity index (χ1) is 11.2. The summed E-state index contributed by atoms with van der Waals surface area (Å²) < 4.78 is 0. The van der Waals surface area contributed by atoms with Gasteiger partial charge in [-0.15, -0.1) is 0 Å². The molecular weight excluding hydrogens is 310 g/mol. The average Bonchev–Trinajstić information content (AvgIpc) is 3.08. The van der Waals surface area contributed by atoms with Crippen LogP contribution in [0.1, 0.15) is 23.0 Å². The molecule has 1 amide bonds. The van der Waals surface area contributed by atoms with Crippen LogP contribution in [0.2, 0.25) is 0 Å². The Morgan fingerprint density at radius 2 is 2.09 bits per heavy atom. The molecule has 2 aromatic rings. The van der Waals surface area contributed by atoms with Gasteiger partial charge in [0.15, 0.2) is 0 Å². The Bertz CT molecular complexity index is 665. The molecule has 1 N–H and O–H groups in total. The third-order valence-electron chi connectivity index (χ3n) is 3.82. The Hall–Kier alpha value is -2.15. The van der Waals surface area contributed by atoms with E-state index in [4.69, 9.17) is 0 Å². The monoisotopic (exact) mass is 331 g/mol. The molecule has 7 heteroatoms. The Labute approximate surface area is 140 Å². The molecule has 0 radical (unpaired) electrons. The summed E-state index contributed by atoms with van der Waals surface area (Å²) in [6.45, 7) is 7.76. The lowest BCUT2D eigenvalue weighted by Gasteiger charge is -2.34. The first-order valence-corrected chi connectivity index (χ1v) is 8.77. The lowest BCUT2D eigenvalue weighted by molar-refractivity contribution is 0.0747. The van der Waals surface area contributed by atoms with Crippen molar-refractivity contribution < 1.29 is 4.79 Å². The van der Waals surface area contributed by atoms with Crippen LogP contribution >= 0.6 is 11.3 Å². The molecule has 0 bridgehead atoms. The van der Waals surface area contributed by atoms with E-state index >= 15 is 0 Å². The van der Waals surface area contributed by atoms with Crippen LogP contribution in [-0.4, -0.2) is 53.5 Å². The number of piperazine rings is 1. The van der Waals surface area contributed by atoms with Crippen molar-refractivity contribution in [1.29, 1.82) is 0 Å². The molecule has 0 aliphatic carbocycles. The van der Waals surface area contributed by atoms with Crippen LogP contribution in [0.5, 0.6) is 0 Å². The molecule has 0 unspecified atom stereocenters. The van der Waals surface area contributed by atoms with E-state index in [1.54, 1.807) is 11.3 Å². The number of nitrogens with zero attached hydrogens (tertiary/aromatic N) is 4. The molecule has 0 saturated carbocycles. The highest BCUT2D eigenvalue weighted by Crippen LogP contribution is 2.17. The first-order valence-electron chi connectivity index (χ1n) is 7.83. The number of aryl methyl sites for hydroxylation is 1. The highest BCUT2D eigenvalue weighted by molar-refractivity contribution is 7.08. The van der Waals surface area contributed by atoms with Gasteiger partial charge in [0.25, 0.3) is 5.91 Å². The number of nitrogens with one attached hydrogen (secondary N) is 1. The third-order valence-corrected chi connectivity index (χ3v) is 4.50. The fourth-order valence-electron chi connectivity index (χ4n) is 2.64. The summed E-state index contributed by atoms with van der Waals surface area (Å²) in [6, 6.07) is 3.83. The summed E-state index contributed by atoms with van der Waals surface area (Å²) in [5.41, 5.74) is 1.73. The number of amides is 1. The molecule has 1 aliphatic rings. The van der Waals surface area contributed by atoms with Crippen LogP contribution in [-0.2, 0) is 0 Å². The number of carbonyl (C=O) groups is 1. The summed E-state index contributed by atoms with van der Waals surface area (Å²) >= 11 is 1.55.